The Labute approximate surface area is 84.1 Å². The van der Waals surface area contributed by atoms with E-state index >= 15 is 0 Å². The van der Waals surface area contributed by atoms with Crippen LogP contribution < -0.4 is 5.32 Å². The van der Waals surface area contributed by atoms with E-state index in [1.165, 1.54) is 12.0 Å². The number of nitrogens with zero attached hydrogens (tertiary/aromatic N) is 1. The molecule has 0 radical (unpaired) electrons. The van der Waals surface area contributed by atoms with E-state index < -0.39 is 0 Å². The second-order valence-electron chi connectivity index (χ2n) is 4.21. The summed E-state index contributed by atoms with van der Waals surface area (Å²) in [4.78, 5) is 4.19. The molecule has 1 aromatic heterocycles. The summed E-state index contributed by atoms with van der Waals surface area (Å²) in [6.07, 6.45) is 9.79. The number of hydrogen-bond acceptors (Lipinski definition) is 2. The Morgan fingerprint density at radius 1 is 1.36 bits per heavy atom. The molecule has 2 bridgehead atoms. The molecule has 1 fully saturated rings. The van der Waals surface area contributed by atoms with Crippen molar-refractivity contribution in [2.24, 2.45) is 5.92 Å². The van der Waals surface area contributed by atoms with Crippen molar-refractivity contribution in [1.29, 1.82) is 0 Å². The van der Waals surface area contributed by atoms with E-state index in [2.05, 4.69) is 28.5 Å². The maximum absolute atomic E-state index is 4.19. The first-order valence-electron chi connectivity index (χ1n) is 5.25. The lowest BCUT2D eigenvalue weighted by molar-refractivity contribution is 0.319. The highest BCUT2D eigenvalue weighted by molar-refractivity contribution is 5.25. The van der Waals surface area contributed by atoms with Gasteiger partial charge in [0.25, 0.3) is 0 Å². The lowest BCUT2D eigenvalue weighted by Gasteiger charge is -2.39. The minimum Gasteiger partial charge on any atom is -0.309 e. The minimum atomic E-state index is 0.532. The van der Waals surface area contributed by atoms with Crippen molar-refractivity contribution in [3.05, 3.63) is 42.2 Å². The number of pyridine rings is 1. The molecule has 0 spiro atoms. The van der Waals surface area contributed by atoms with Crippen molar-refractivity contribution in [3.8, 4) is 0 Å². The zero-order valence-electron chi connectivity index (χ0n) is 8.06. The first-order chi connectivity index (χ1) is 6.93. The van der Waals surface area contributed by atoms with Crippen LogP contribution in [0.4, 0.5) is 0 Å². The van der Waals surface area contributed by atoms with Crippen molar-refractivity contribution < 1.29 is 0 Å². The molecule has 1 aliphatic carbocycles. The summed E-state index contributed by atoms with van der Waals surface area (Å²) in [6.45, 7) is 1.15. The maximum atomic E-state index is 4.19. The lowest BCUT2D eigenvalue weighted by atomic mass is 9.76. The number of fused-ring (bicyclic) bond motifs is 2. The minimum absolute atomic E-state index is 0.532. The third kappa shape index (κ3) is 1.26. The standard InChI is InChI=1S/C12H14N2/c1-2-10(8-13-5-1)11-6-9-3-4-12(11)14-7-9/h1-5,8-9,11-12,14H,6-7H2. The number of nitrogens with one attached hydrogen (secondary N) is 1. The van der Waals surface area contributed by atoms with Gasteiger partial charge >= 0.3 is 0 Å². The Kier molecular flexibility index (Phi) is 1.88. The summed E-state index contributed by atoms with van der Waals surface area (Å²) in [5.74, 6) is 1.36. The fraction of sp³-hybridized carbons (Fsp3) is 0.417. The molecule has 3 atom stereocenters. The molecule has 3 unspecified atom stereocenters. The van der Waals surface area contributed by atoms with Crippen molar-refractivity contribution in [2.75, 3.05) is 6.54 Å². The molecular weight excluding hydrogens is 172 g/mol. The predicted octanol–water partition coefficient (Wildman–Crippen LogP) is 1.71. The van der Waals surface area contributed by atoms with Crippen LogP contribution in [0, 0.1) is 5.92 Å². The Balaban J connectivity index is 1.91. The number of hydrogen-bond donors (Lipinski definition) is 1. The first-order valence-corrected chi connectivity index (χ1v) is 5.25. The van der Waals surface area contributed by atoms with E-state index in [1.54, 1.807) is 0 Å². The monoisotopic (exact) mass is 186 g/mol. The summed E-state index contributed by atoms with van der Waals surface area (Å²) in [7, 11) is 0. The fourth-order valence-corrected chi connectivity index (χ4v) is 2.55. The van der Waals surface area contributed by atoms with Gasteiger partial charge in [0.1, 0.15) is 0 Å². The number of aromatic nitrogens is 1. The average molecular weight is 186 g/mol. The molecule has 4 rings (SSSR count). The molecule has 2 aliphatic heterocycles. The van der Waals surface area contributed by atoms with E-state index in [0.717, 1.165) is 12.5 Å². The lowest BCUT2D eigenvalue weighted by Crippen LogP contribution is -2.45. The summed E-state index contributed by atoms with van der Waals surface area (Å²) in [6, 6.07) is 4.75. The molecule has 1 aromatic rings. The molecule has 3 heterocycles. The van der Waals surface area contributed by atoms with Crippen LogP contribution in [0.15, 0.2) is 36.7 Å². The van der Waals surface area contributed by atoms with E-state index in [-0.39, 0.29) is 0 Å². The van der Waals surface area contributed by atoms with E-state index in [9.17, 15) is 0 Å². The molecule has 14 heavy (non-hydrogen) atoms. The summed E-state index contributed by atoms with van der Waals surface area (Å²) in [5.41, 5.74) is 1.37. The first kappa shape index (κ1) is 8.18. The third-order valence-electron chi connectivity index (χ3n) is 3.31. The van der Waals surface area contributed by atoms with Crippen LogP contribution in [0.1, 0.15) is 17.9 Å². The third-order valence-corrected chi connectivity index (χ3v) is 3.31. The molecule has 0 aromatic carbocycles. The van der Waals surface area contributed by atoms with E-state index in [4.69, 9.17) is 0 Å². The summed E-state index contributed by atoms with van der Waals surface area (Å²) in [5, 5.41) is 3.55. The molecule has 1 N–H and O–H groups in total. The fourth-order valence-electron chi connectivity index (χ4n) is 2.55. The maximum Gasteiger partial charge on any atom is 0.0320 e. The van der Waals surface area contributed by atoms with Gasteiger partial charge in [-0.25, -0.2) is 0 Å². The van der Waals surface area contributed by atoms with Crippen LogP contribution in [-0.4, -0.2) is 17.6 Å². The molecule has 2 nitrogen and oxygen atoms in total. The van der Waals surface area contributed by atoms with Gasteiger partial charge < -0.3 is 5.32 Å². The van der Waals surface area contributed by atoms with Crippen molar-refractivity contribution in [3.63, 3.8) is 0 Å². The normalized spacial score (nSPS) is 34.7. The number of piperidine rings is 1. The topological polar surface area (TPSA) is 24.9 Å². The van der Waals surface area contributed by atoms with Gasteiger partial charge in [-0.1, -0.05) is 18.2 Å². The SMILES string of the molecule is C1=CC2NCC1CC2c1cccnc1. The Morgan fingerprint density at radius 2 is 2.36 bits per heavy atom. The van der Waals surface area contributed by atoms with Gasteiger partial charge in [-0.15, -0.1) is 0 Å². The van der Waals surface area contributed by atoms with Crippen LogP contribution in [-0.2, 0) is 0 Å². The Morgan fingerprint density at radius 3 is 2.93 bits per heavy atom. The summed E-state index contributed by atoms with van der Waals surface area (Å²) >= 11 is 0. The van der Waals surface area contributed by atoms with Gasteiger partial charge in [0, 0.05) is 30.9 Å². The van der Waals surface area contributed by atoms with E-state index in [0.29, 0.717) is 12.0 Å². The van der Waals surface area contributed by atoms with Gasteiger partial charge in [0.05, 0.1) is 0 Å². The van der Waals surface area contributed by atoms with Crippen LogP contribution in [0.25, 0.3) is 0 Å². The van der Waals surface area contributed by atoms with Gasteiger partial charge in [-0.3, -0.25) is 4.98 Å². The largest absolute Gasteiger partial charge is 0.309 e. The van der Waals surface area contributed by atoms with Crippen LogP contribution in [0.2, 0.25) is 0 Å². The highest BCUT2D eigenvalue weighted by atomic mass is 14.9. The molecule has 1 saturated heterocycles. The molecule has 3 aliphatic rings. The van der Waals surface area contributed by atoms with Gasteiger partial charge in [0.2, 0.25) is 0 Å². The van der Waals surface area contributed by atoms with Gasteiger partial charge in [-0.05, 0) is 24.0 Å². The second-order valence-corrected chi connectivity index (χ2v) is 4.21. The Hall–Kier alpha value is -1.15. The zero-order valence-corrected chi connectivity index (χ0v) is 8.06. The van der Waals surface area contributed by atoms with Gasteiger partial charge in [0.15, 0.2) is 0 Å². The van der Waals surface area contributed by atoms with Crippen LogP contribution in [0.3, 0.4) is 0 Å². The second kappa shape index (κ2) is 3.21. The Bertz CT molecular complexity index is 345. The quantitative estimate of drug-likeness (QED) is 0.675. The van der Waals surface area contributed by atoms with Crippen molar-refractivity contribution >= 4 is 0 Å². The van der Waals surface area contributed by atoms with Gasteiger partial charge in [-0.2, -0.15) is 0 Å². The molecule has 2 heteroatoms. The average Bonchev–Trinajstić information content (AvgIpc) is 2.32. The molecule has 0 amide bonds. The number of rotatable bonds is 1. The highest BCUT2D eigenvalue weighted by Crippen LogP contribution is 2.35. The van der Waals surface area contributed by atoms with Crippen molar-refractivity contribution in [2.45, 2.75) is 18.4 Å². The van der Waals surface area contributed by atoms with Crippen molar-refractivity contribution in [1.82, 2.24) is 10.3 Å². The van der Waals surface area contributed by atoms with Crippen LogP contribution in [0.5, 0.6) is 0 Å². The van der Waals surface area contributed by atoms with E-state index in [1.807, 2.05) is 18.5 Å². The van der Waals surface area contributed by atoms with Crippen LogP contribution >= 0.6 is 0 Å². The zero-order chi connectivity index (χ0) is 9.38. The molecular formula is C12H14N2. The highest BCUT2D eigenvalue weighted by Gasteiger charge is 2.32. The molecule has 0 saturated carbocycles. The predicted molar refractivity (Wildman–Crippen MR) is 56.0 cm³/mol. The smallest absolute Gasteiger partial charge is 0.0320 e. The summed E-state index contributed by atoms with van der Waals surface area (Å²) < 4.78 is 0. The molecule has 72 valence electrons.